The molecular formula is C43H77O8P. The molecule has 52 heavy (non-hydrogen) atoms. The molecule has 0 rings (SSSR count). The number of carbonyl (C=O) groups excluding carboxylic acids is 2. The monoisotopic (exact) mass is 753 g/mol. The van der Waals surface area contributed by atoms with Crippen molar-refractivity contribution in [3.63, 3.8) is 0 Å². The van der Waals surface area contributed by atoms with Crippen LogP contribution in [0.15, 0.2) is 48.6 Å². The molecule has 0 aromatic carbocycles. The summed E-state index contributed by atoms with van der Waals surface area (Å²) in [7, 11) is -4.76. The summed E-state index contributed by atoms with van der Waals surface area (Å²) in [4.78, 5) is 42.8. The van der Waals surface area contributed by atoms with Crippen LogP contribution in [0.2, 0.25) is 0 Å². The standard InChI is InChI=1S/C43H77O8P/c1-3-5-7-9-11-13-15-17-19-20-21-22-24-26-28-30-32-34-36-38-43(45)51-41(40-50-52(46,47)48)39-49-42(44)37-35-33-31-29-27-25-23-18-16-14-12-10-8-6-4-2/h6,8,12,14,18,23,27,29,41H,3-5,7,9-11,13,15-17,19-22,24-26,28,30-40H2,1-2H3,(H2,46,47,48)/b8-6-,14-12-,23-18-,29-27-/t41-/m1/s1. The van der Waals surface area contributed by atoms with Gasteiger partial charge in [0.1, 0.15) is 6.61 Å². The molecule has 0 fully saturated rings. The third-order valence-corrected chi connectivity index (χ3v) is 9.35. The molecule has 0 unspecified atom stereocenters. The van der Waals surface area contributed by atoms with Crippen LogP contribution in [0.4, 0.5) is 0 Å². The van der Waals surface area contributed by atoms with E-state index in [-0.39, 0.29) is 19.4 Å². The molecule has 302 valence electrons. The number of phosphoric acid groups is 1. The van der Waals surface area contributed by atoms with Gasteiger partial charge in [0.05, 0.1) is 6.61 Å². The highest BCUT2D eigenvalue weighted by molar-refractivity contribution is 7.46. The summed E-state index contributed by atoms with van der Waals surface area (Å²) in [5.41, 5.74) is 0. The van der Waals surface area contributed by atoms with E-state index in [2.05, 4.69) is 67.0 Å². The Balaban J connectivity index is 3.94. The molecule has 0 aliphatic heterocycles. The molecule has 0 bridgehead atoms. The fourth-order valence-corrected chi connectivity index (χ4v) is 6.14. The van der Waals surface area contributed by atoms with Crippen molar-refractivity contribution in [2.75, 3.05) is 13.2 Å². The number of unbranched alkanes of at least 4 members (excludes halogenated alkanes) is 20. The summed E-state index contributed by atoms with van der Waals surface area (Å²) in [5.74, 6) is -0.929. The third kappa shape index (κ3) is 40.8. The maximum Gasteiger partial charge on any atom is 0.469 e. The first-order chi connectivity index (χ1) is 25.3. The first kappa shape index (κ1) is 50.0. The van der Waals surface area contributed by atoms with E-state index in [1.54, 1.807) is 0 Å². The highest BCUT2D eigenvalue weighted by atomic mass is 31.2. The summed E-state index contributed by atoms with van der Waals surface area (Å²) >= 11 is 0. The van der Waals surface area contributed by atoms with E-state index in [9.17, 15) is 14.2 Å². The average Bonchev–Trinajstić information content (AvgIpc) is 3.11. The van der Waals surface area contributed by atoms with Crippen molar-refractivity contribution in [2.24, 2.45) is 0 Å². The van der Waals surface area contributed by atoms with Crippen LogP contribution in [-0.4, -0.2) is 41.0 Å². The first-order valence-electron chi connectivity index (χ1n) is 20.9. The molecule has 0 heterocycles. The van der Waals surface area contributed by atoms with E-state index in [4.69, 9.17) is 19.3 Å². The molecule has 0 saturated heterocycles. The van der Waals surface area contributed by atoms with E-state index in [0.717, 1.165) is 57.8 Å². The van der Waals surface area contributed by atoms with Gasteiger partial charge >= 0.3 is 19.8 Å². The van der Waals surface area contributed by atoms with Gasteiger partial charge in [-0.25, -0.2) is 4.57 Å². The lowest BCUT2D eigenvalue weighted by molar-refractivity contribution is -0.161. The lowest BCUT2D eigenvalue weighted by atomic mass is 10.0. The third-order valence-electron chi connectivity index (χ3n) is 8.86. The van der Waals surface area contributed by atoms with Crippen LogP contribution in [0.25, 0.3) is 0 Å². The van der Waals surface area contributed by atoms with Crippen molar-refractivity contribution in [3.05, 3.63) is 48.6 Å². The molecule has 0 saturated carbocycles. The molecular weight excluding hydrogens is 675 g/mol. The number of phosphoric ester groups is 1. The zero-order chi connectivity index (χ0) is 38.2. The van der Waals surface area contributed by atoms with Crippen molar-refractivity contribution >= 4 is 19.8 Å². The van der Waals surface area contributed by atoms with Gasteiger partial charge in [-0.15, -0.1) is 0 Å². The Bertz CT molecular complexity index is 984. The molecule has 0 amide bonds. The van der Waals surface area contributed by atoms with E-state index in [1.807, 2.05) is 0 Å². The Labute approximate surface area is 318 Å². The topological polar surface area (TPSA) is 119 Å². The van der Waals surface area contributed by atoms with Crippen LogP contribution in [0.1, 0.15) is 194 Å². The predicted molar refractivity (Wildman–Crippen MR) is 216 cm³/mol. The van der Waals surface area contributed by atoms with E-state index >= 15 is 0 Å². The smallest absolute Gasteiger partial charge is 0.462 e. The maximum atomic E-state index is 12.4. The van der Waals surface area contributed by atoms with E-state index in [1.165, 1.54) is 96.3 Å². The molecule has 0 spiro atoms. The Hall–Kier alpha value is -1.99. The molecule has 0 radical (unpaired) electrons. The fourth-order valence-electron chi connectivity index (χ4n) is 5.78. The number of rotatable bonds is 38. The molecule has 2 N–H and O–H groups in total. The highest BCUT2D eigenvalue weighted by Crippen LogP contribution is 2.36. The highest BCUT2D eigenvalue weighted by Gasteiger charge is 2.22. The van der Waals surface area contributed by atoms with Gasteiger partial charge in [0.15, 0.2) is 6.10 Å². The molecule has 8 nitrogen and oxygen atoms in total. The quantitative estimate of drug-likeness (QED) is 0.0277. The largest absolute Gasteiger partial charge is 0.469 e. The summed E-state index contributed by atoms with van der Waals surface area (Å²) in [6, 6.07) is 0. The second kappa shape index (κ2) is 38.7. The fraction of sp³-hybridized carbons (Fsp3) is 0.767. The van der Waals surface area contributed by atoms with Crippen LogP contribution < -0.4 is 0 Å². The van der Waals surface area contributed by atoms with Crippen LogP contribution in [-0.2, 0) is 28.2 Å². The van der Waals surface area contributed by atoms with Crippen LogP contribution >= 0.6 is 7.82 Å². The number of ether oxygens (including phenoxy) is 2. The van der Waals surface area contributed by atoms with E-state index < -0.39 is 32.5 Å². The molecule has 9 heteroatoms. The number of carbonyl (C=O) groups is 2. The van der Waals surface area contributed by atoms with Gasteiger partial charge < -0.3 is 19.3 Å². The van der Waals surface area contributed by atoms with Gasteiger partial charge in [-0.1, -0.05) is 178 Å². The zero-order valence-corrected chi connectivity index (χ0v) is 34.1. The van der Waals surface area contributed by atoms with Crippen molar-refractivity contribution in [2.45, 2.75) is 200 Å². The van der Waals surface area contributed by atoms with Crippen molar-refractivity contribution in [3.8, 4) is 0 Å². The minimum atomic E-state index is -4.76. The van der Waals surface area contributed by atoms with Crippen LogP contribution in [0.5, 0.6) is 0 Å². The number of allylic oxidation sites excluding steroid dienone is 8. The Morgan fingerprint density at radius 3 is 1.38 bits per heavy atom. The minimum absolute atomic E-state index is 0.205. The van der Waals surface area contributed by atoms with Gasteiger partial charge in [-0.2, -0.15) is 0 Å². The number of hydrogen-bond donors (Lipinski definition) is 2. The molecule has 0 aliphatic carbocycles. The summed E-state index contributed by atoms with van der Waals surface area (Å²) in [6.07, 6.45) is 47.0. The lowest BCUT2D eigenvalue weighted by Crippen LogP contribution is -2.29. The molecule has 0 aliphatic rings. The summed E-state index contributed by atoms with van der Waals surface area (Å²) < 4.78 is 26.3. The number of esters is 2. The van der Waals surface area contributed by atoms with Crippen molar-refractivity contribution in [1.29, 1.82) is 0 Å². The zero-order valence-electron chi connectivity index (χ0n) is 33.2. The Kier molecular flexibility index (Phi) is 37.2. The van der Waals surface area contributed by atoms with Gasteiger partial charge in [0, 0.05) is 12.8 Å². The maximum absolute atomic E-state index is 12.4. The second-order valence-corrected chi connectivity index (χ2v) is 15.2. The van der Waals surface area contributed by atoms with Gasteiger partial charge in [0.2, 0.25) is 0 Å². The average molecular weight is 753 g/mol. The Morgan fingerprint density at radius 1 is 0.519 bits per heavy atom. The van der Waals surface area contributed by atoms with Crippen molar-refractivity contribution < 1.29 is 37.9 Å². The van der Waals surface area contributed by atoms with Crippen LogP contribution in [0.3, 0.4) is 0 Å². The second-order valence-electron chi connectivity index (χ2n) is 13.9. The lowest BCUT2D eigenvalue weighted by Gasteiger charge is -2.18. The Morgan fingerprint density at radius 2 is 0.923 bits per heavy atom. The molecule has 1 atom stereocenters. The first-order valence-corrected chi connectivity index (χ1v) is 22.5. The minimum Gasteiger partial charge on any atom is -0.462 e. The normalized spacial score (nSPS) is 12.9. The van der Waals surface area contributed by atoms with Gasteiger partial charge in [-0.3, -0.25) is 14.1 Å². The number of hydrogen-bond acceptors (Lipinski definition) is 6. The predicted octanol–water partition coefficient (Wildman–Crippen LogP) is 12.7. The van der Waals surface area contributed by atoms with Crippen LogP contribution in [0, 0.1) is 0 Å². The van der Waals surface area contributed by atoms with E-state index in [0.29, 0.717) is 12.8 Å². The van der Waals surface area contributed by atoms with Crippen molar-refractivity contribution in [1.82, 2.24) is 0 Å². The summed E-state index contributed by atoms with van der Waals surface area (Å²) in [5, 5.41) is 0. The molecule has 0 aromatic rings. The van der Waals surface area contributed by atoms with Gasteiger partial charge in [-0.05, 0) is 51.4 Å². The van der Waals surface area contributed by atoms with Gasteiger partial charge in [0.25, 0.3) is 0 Å². The molecule has 0 aromatic heterocycles. The SMILES string of the molecule is CC/C=C\C/C=C\C/C=C\C/C=C\CCCCC(=O)OC[C@H](COP(=O)(O)O)OC(=O)CCCCCCCCCCCCCCCCCCCCC. The summed E-state index contributed by atoms with van der Waals surface area (Å²) in [6.45, 7) is 3.55.